The summed E-state index contributed by atoms with van der Waals surface area (Å²) in [5.41, 5.74) is 2.89. The fraction of sp³-hybridized carbons (Fsp3) is 0.333. The van der Waals surface area contributed by atoms with Crippen molar-refractivity contribution in [1.29, 1.82) is 5.26 Å². The van der Waals surface area contributed by atoms with E-state index in [-0.39, 0.29) is 16.7 Å². The quantitative estimate of drug-likeness (QED) is 0.592. The highest BCUT2D eigenvalue weighted by Gasteiger charge is 2.18. The van der Waals surface area contributed by atoms with Crippen LogP contribution in [0.25, 0.3) is 0 Å². The Morgan fingerprint density at radius 3 is 2.45 bits per heavy atom. The van der Waals surface area contributed by atoms with E-state index in [0.29, 0.717) is 47.6 Å². The molecule has 0 saturated heterocycles. The number of nitrogens with one attached hydrogen (secondary N) is 2. The minimum absolute atomic E-state index is 0.108. The van der Waals surface area contributed by atoms with Gasteiger partial charge in [-0.15, -0.1) is 0 Å². The molecule has 0 aliphatic carbocycles. The third-order valence-electron chi connectivity index (χ3n) is 4.43. The SMILES string of the molecule is Cc1cc(S(=O)(=O)CNCCNC(=O)CCc2ccc(C#N)cc2)c(C)cc1Cl. The van der Waals surface area contributed by atoms with Crippen LogP contribution in [0.15, 0.2) is 41.3 Å². The van der Waals surface area contributed by atoms with Crippen molar-refractivity contribution in [2.24, 2.45) is 0 Å². The number of sulfone groups is 1. The fourth-order valence-corrected chi connectivity index (χ4v) is 4.45. The van der Waals surface area contributed by atoms with E-state index >= 15 is 0 Å². The van der Waals surface area contributed by atoms with Crippen LogP contribution < -0.4 is 10.6 Å². The van der Waals surface area contributed by atoms with Crippen molar-refractivity contribution in [1.82, 2.24) is 10.6 Å². The Hall–Kier alpha value is -2.40. The lowest BCUT2D eigenvalue weighted by Gasteiger charge is -2.11. The Balaban J connectivity index is 1.72. The molecule has 1 amide bonds. The van der Waals surface area contributed by atoms with Crippen LogP contribution in [0.2, 0.25) is 5.02 Å². The Morgan fingerprint density at radius 2 is 1.79 bits per heavy atom. The molecule has 0 heterocycles. The van der Waals surface area contributed by atoms with Gasteiger partial charge in [0.25, 0.3) is 0 Å². The topological polar surface area (TPSA) is 99.1 Å². The highest BCUT2D eigenvalue weighted by Crippen LogP contribution is 2.24. The number of halogens is 1. The van der Waals surface area contributed by atoms with E-state index in [1.54, 1.807) is 38.1 Å². The van der Waals surface area contributed by atoms with E-state index in [1.807, 2.05) is 12.1 Å². The zero-order valence-corrected chi connectivity index (χ0v) is 18.0. The molecule has 2 aromatic carbocycles. The Bertz CT molecular complexity index is 1010. The summed E-state index contributed by atoms with van der Waals surface area (Å²) in [7, 11) is -3.49. The molecule has 0 spiro atoms. The monoisotopic (exact) mass is 433 g/mol. The van der Waals surface area contributed by atoms with Gasteiger partial charge < -0.3 is 10.6 Å². The molecule has 0 aliphatic heterocycles. The van der Waals surface area contributed by atoms with Crippen molar-refractivity contribution < 1.29 is 13.2 Å². The first-order valence-electron chi connectivity index (χ1n) is 9.19. The summed E-state index contributed by atoms with van der Waals surface area (Å²) >= 11 is 6.03. The standard InChI is InChI=1S/C21H24ClN3O3S/c1-15-12-20(16(2)11-19(15)22)29(27,28)14-24-9-10-25-21(26)8-7-17-3-5-18(13-23)6-4-17/h3-6,11-12,24H,7-10,14H2,1-2H3,(H,25,26). The number of benzene rings is 2. The van der Waals surface area contributed by atoms with Crippen molar-refractivity contribution in [2.45, 2.75) is 31.6 Å². The van der Waals surface area contributed by atoms with E-state index in [4.69, 9.17) is 16.9 Å². The molecule has 8 heteroatoms. The average molecular weight is 434 g/mol. The van der Waals surface area contributed by atoms with E-state index in [1.165, 1.54) is 0 Å². The smallest absolute Gasteiger partial charge is 0.220 e. The third-order valence-corrected chi connectivity index (χ3v) is 6.53. The van der Waals surface area contributed by atoms with Crippen molar-refractivity contribution in [3.8, 4) is 6.07 Å². The number of amides is 1. The van der Waals surface area contributed by atoms with Crippen LogP contribution in [0.4, 0.5) is 0 Å². The number of hydrogen-bond donors (Lipinski definition) is 2. The summed E-state index contributed by atoms with van der Waals surface area (Å²) < 4.78 is 25.0. The van der Waals surface area contributed by atoms with Gasteiger partial charge in [-0.2, -0.15) is 5.26 Å². The van der Waals surface area contributed by atoms with Gasteiger partial charge in [0.1, 0.15) is 5.88 Å². The van der Waals surface area contributed by atoms with Gasteiger partial charge >= 0.3 is 0 Å². The first-order valence-corrected chi connectivity index (χ1v) is 11.2. The largest absolute Gasteiger partial charge is 0.355 e. The fourth-order valence-electron chi connectivity index (χ4n) is 2.76. The summed E-state index contributed by atoms with van der Waals surface area (Å²) in [6.45, 7) is 4.15. The molecule has 0 aliphatic rings. The molecular weight excluding hydrogens is 410 g/mol. The van der Waals surface area contributed by atoms with Crippen molar-refractivity contribution in [3.05, 3.63) is 63.7 Å². The van der Waals surface area contributed by atoms with Crippen LogP contribution >= 0.6 is 11.6 Å². The van der Waals surface area contributed by atoms with Crippen LogP contribution in [0.5, 0.6) is 0 Å². The molecule has 6 nitrogen and oxygen atoms in total. The van der Waals surface area contributed by atoms with Gasteiger partial charge in [0.15, 0.2) is 9.84 Å². The number of hydrogen-bond acceptors (Lipinski definition) is 5. The molecule has 0 atom stereocenters. The van der Waals surface area contributed by atoms with E-state index in [9.17, 15) is 13.2 Å². The third kappa shape index (κ3) is 6.86. The summed E-state index contributed by atoms with van der Waals surface area (Å²) in [4.78, 5) is 12.2. The minimum Gasteiger partial charge on any atom is -0.355 e. The van der Waals surface area contributed by atoms with Crippen LogP contribution in [0.1, 0.15) is 28.7 Å². The number of aryl methyl sites for hydroxylation is 3. The number of carbonyl (C=O) groups excluding carboxylic acids is 1. The van der Waals surface area contributed by atoms with Gasteiger partial charge in [-0.1, -0.05) is 23.7 Å². The molecule has 29 heavy (non-hydrogen) atoms. The second-order valence-electron chi connectivity index (χ2n) is 6.78. The molecule has 2 N–H and O–H groups in total. The molecular formula is C21H24ClN3O3S. The van der Waals surface area contributed by atoms with Crippen LogP contribution in [0.3, 0.4) is 0 Å². The Labute approximate surface area is 176 Å². The van der Waals surface area contributed by atoms with Gasteiger partial charge in [-0.05, 0) is 61.2 Å². The molecule has 2 aromatic rings. The van der Waals surface area contributed by atoms with Crippen LogP contribution in [-0.2, 0) is 21.1 Å². The second kappa shape index (κ2) is 10.4. The lowest BCUT2D eigenvalue weighted by atomic mass is 10.1. The molecule has 2 rings (SSSR count). The van der Waals surface area contributed by atoms with Gasteiger partial charge in [0, 0.05) is 24.5 Å². The molecule has 0 aromatic heterocycles. The van der Waals surface area contributed by atoms with Crippen molar-refractivity contribution in [3.63, 3.8) is 0 Å². The maximum Gasteiger partial charge on any atom is 0.220 e. The first-order chi connectivity index (χ1) is 13.7. The molecule has 0 bridgehead atoms. The van der Waals surface area contributed by atoms with E-state index in [0.717, 1.165) is 5.56 Å². The molecule has 0 unspecified atom stereocenters. The predicted octanol–water partition coefficient (Wildman–Crippen LogP) is 2.90. The van der Waals surface area contributed by atoms with Crippen molar-refractivity contribution in [2.75, 3.05) is 19.0 Å². The maximum absolute atomic E-state index is 12.5. The molecule has 0 saturated carbocycles. The first kappa shape index (κ1) is 22.9. The molecule has 0 radical (unpaired) electrons. The zero-order valence-electron chi connectivity index (χ0n) is 16.5. The van der Waals surface area contributed by atoms with E-state index in [2.05, 4.69) is 16.7 Å². The number of carbonyl (C=O) groups is 1. The highest BCUT2D eigenvalue weighted by molar-refractivity contribution is 7.91. The lowest BCUT2D eigenvalue weighted by Crippen LogP contribution is -2.34. The summed E-state index contributed by atoms with van der Waals surface area (Å²) in [6, 6.07) is 12.4. The normalized spacial score (nSPS) is 11.1. The highest BCUT2D eigenvalue weighted by atomic mass is 35.5. The number of rotatable bonds is 9. The van der Waals surface area contributed by atoms with Gasteiger partial charge in [-0.25, -0.2) is 8.42 Å². The lowest BCUT2D eigenvalue weighted by molar-refractivity contribution is -0.121. The summed E-state index contributed by atoms with van der Waals surface area (Å²) in [6.07, 6.45) is 0.905. The zero-order chi connectivity index (χ0) is 21.4. The van der Waals surface area contributed by atoms with Crippen LogP contribution in [0, 0.1) is 25.2 Å². The molecule has 154 valence electrons. The number of nitriles is 1. The summed E-state index contributed by atoms with van der Waals surface area (Å²) in [5.74, 6) is -0.320. The Morgan fingerprint density at radius 1 is 1.10 bits per heavy atom. The van der Waals surface area contributed by atoms with Crippen molar-refractivity contribution >= 4 is 27.3 Å². The second-order valence-corrected chi connectivity index (χ2v) is 9.15. The molecule has 0 fully saturated rings. The number of nitrogens with zero attached hydrogens (tertiary/aromatic N) is 1. The Kier molecular flexibility index (Phi) is 8.21. The average Bonchev–Trinajstić information content (AvgIpc) is 2.69. The van der Waals surface area contributed by atoms with Crippen LogP contribution in [-0.4, -0.2) is 33.3 Å². The summed E-state index contributed by atoms with van der Waals surface area (Å²) in [5, 5.41) is 14.9. The van der Waals surface area contributed by atoms with Gasteiger partial charge in [-0.3, -0.25) is 4.79 Å². The maximum atomic E-state index is 12.5. The van der Waals surface area contributed by atoms with Gasteiger partial charge in [0.05, 0.1) is 16.5 Å². The predicted molar refractivity (Wildman–Crippen MR) is 113 cm³/mol. The van der Waals surface area contributed by atoms with E-state index < -0.39 is 9.84 Å². The van der Waals surface area contributed by atoms with Gasteiger partial charge in [0.2, 0.25) is 5.91 Å². The minimum atomic E-state index is -3.49.